The summed E-state index contributed by atoms with van der Waals surface area (Å²) in [4.78, 5) is 12.9. The van der Waals surface area contributed by atoms with Gasteiger partial charge in [-0.3, -0.25) is 4.79 Å². The number of hydrogen-bond acceptors (Lipinski definition) is 14. The highest BCUT2D eigenvalue weighted by Gasteiger charge is 2.47. The van der Waals surface area contributed by atoms with Crippen molar-refractivity contribution in [2.24, 2.45) is 0 Å². The molecule has 0 saturated carbocycles. The standard InChI is InChI=1S/C47H86O14/c1-3-5-7-9-11-13-15-16-17-18-19-20-21-23-25-27-29-31-56-33-36(59-39(49)30-28-26-24-22-14-12-10-8-6-4-2)34-57-46-45(55)43(53)41(51)38(61-46)35-58-47-44(54)42(52)40(50)37(32-48)60-47/h8,10,17-18,36-38,40-48,50-55H,3-7,9,11-16,19-35H2,1-2H3/b10-8-,18-17-. The van der Waals surface area contributed by atoms with Gasteiger partial charge in [-0.25, -0.2) is 0 Å². The van der Waals surface area contributed by atoms with E-state index in [9.17, 15) is 40.5 Å². The summed E-state index contributed by atoms with van der Waals surface area (Å²) < 4.78 is 34.1. The summed E-state index contributed by atoms with van der Waals surface area (Å²) in [5.74, 6) is -0.390. The van der Waals surface area contributed by atoms with Crippen LogP contribution in [0, 0.1) is 0 Å². The summed E-state index contributed by atoms with van der Waals surface area (Å²) in [7, 11) is 0. The molecular weight excluding hydrogens is 789 g/mol. The molecule has 11 atom stereocenters. The number of ether oxygens (including phenoxy) is 6. The zero-order valence-electron chi connectivity index (χ0n) is 37.7. The molecule has 0 aromatic heterocycles. The van der Waals surface area contributed by atoms with Crippen molar-refractivity contribution in [1.29, 1.82) is 0 Å². The number of aliphatic hydroxyl groups is 7. The van der Waals surface area contributed by atoms with E-state index >= 15 is 0 Å². The molecule has 0 aliphatic carbocycles. The van der Waals surface area contributed by atoms with Crippen LogP contribution in [0.15, 0.2) is 24.3 Å². The van der Waals surface area contributed by atoms with Crippen molar-refractivity contribution in [3.63, 3.8) is 0 Å². The molecule has 0 aromatic rings. The fourth-order valence-electron chi connectivity index (χ4n) is 7.46. The lowest BCUT2D eigenvalue weighted by Gasteiger charge is -2.42. The average Bonchev–Trinajstić information content (AvgIpc) is 3.25. The summed E-state index contributed by atoms with van der Waals surface area (Å²) in [6.07, 6.45) is 19.7. The van der Waals surface area contributed by atoms with E-state index < -0.39 is 86.7 Å². The van der Waals surface area contributed by atoms with Gasteiger partial charge in [0.25, 0.3) is 0 Å². The van der Waals surface area contributed by atoms with Crippen LogP contribution in [0.1, 0.15) is 168 Å². The van der Waals surface area contributed by atoms with Gasteiger partial charge in [-0.05, 0) is 57.8 Å². The number of hydrogen-bond donors (Lipinski definition) is 7. The molecule has 2 aliphatic rings. The Morgan fingerprint density at radius 2 is 1.00 bits per heavy atom. The first-order valence-electron chi connectivity index (χ1n) is 23.9. The number of unbranched alkanes of at least 4 members (excludes halogenated alkanes) is 19. The maximum atomic E-state index is 12.9. The van der Waals surface area contributed by atoms with Crippen LogP contribution in [0.25, 0.3) is 0 Å². The first kappa shape index (κ1) is 55.6. The molecule has 2 fully saturated rings. The molecule has 0 amide bonds. The van der Waals surface area contributed by atoms with Crippen molar-refractivity contribution >= 4 is 5.97 Å². The van der Waals surface area contributed by atoms with Crippen LogP contribution >= 0.6 is 0 Å². The number of carbonyl (C=O) groups is 1. The van der Waals surface area contributed by atoms with Crippen molar-refractivity contribution in [1.82, 2.24) is 0 Å². The topological polar surface area (TPSA) is 214 Å². The zero-order valence-corrected chi connectivity index (χ0v) is 37.7. The summed E-state index contributed by atoms with van der Waals surface area (Å²) in [6.45, 7) is 3.59. The van der Waals surface area contributed by atoms with Crippen LogP contribution in [0.5, 0.6) is 0 Å². The lowest BCUT2D eigenvalue weighted by atomic mass is 9.98. The number of allylic oxidation sites excluding steroid dienone is 4. The predicted molar refractivity (Wildman–Crippen MR) is 233 cm³/mol. The minimum absolute atomic E-state index is 0.0557. The van der Waals surface area contributed by atoms with Gasteiger partial charge >= 0.3 is 5.97 Å². The molecule has 2 saturated heterocycles. The average molecular weight is 875 g/mol. The molecule has 358 valence electrons. The Labute approximate surface area is 367 Å². The van der Waals surface area contributed by atoms with Crippen LogP contribution in [0.4, 0.5) is 0 Å². The highest BCUT2D eigenvalue weighted by atomic mass is 16.7. The molecule has 61 heavy (non-hydrogen) atoms. The van der Waals surface area contributed by atoms with Gasteiger partial charge in [0.15, 0.2) is 12.6 Å². The van der Waals surface area contributed by atoms with Crippen molar-refractivity contribution in [3.8, 4) is 0 Å². The number of carbonyl (C=O) groups excluding carboxylic acids is 1. The van der Waals surface area contributed by atoms with Crippen molar-refractivity contribution in [2.75, 3.05) is 33.0 Å². The van der Waals surface area contributed by atoms with E-state index in [2.05, 4.69) is 38.2 Å². The van der Waals surface area contributed by atoms with Crippen LogP contribution in [-0.4, -0.2) is 142 Å². The van der Waals surface area contributed by atoms with Gasteiger partial charge in [0.2, 0.25) is 0 Å². The van der Waals surface area contributed by atoms with E-state index in [1.165, 1.54) is 70.6 Å². The smallest absolute Gasteiger partial charge is 0.306 e. The first-order valence-corrected chi connectivity index (χ1v) is 23.9. The van der Waals surface area contributed by atoms with Crippen LogP contribution in [0.3, 0.4) is 0 Å². The highest BCUT2D eigenvalue weighted by molar-refractivity contribution is 5.69. The SMILES string of the molecule is CCC/C=C\CCCCCCCC(=O)OC(COCCCCCCCC/C=C\CCCCCCCCC)COC1OC(COC2OC(CO)C(O)C(O)C2O)C(O)C(O)C1O. The summed E-state index contributed by atoms with van der Waals surface area (Å²) in [5.41, 5.74) is 0. The number of esters is 1. The molecule has 2 heterocycles. The third kappa shape index (κ3) is 24.4. The van der Waals surface area contributed by atoms with E-state index in [4.69, 9.17) is 28.4 Å². The third-order valence-electron chi connectivity index (χ3n) is 11.4. The number of aliphatic hydroxyl groups excluding tert-OH is 7. The molecule has 11 unspecified atom stereocenters. The largest absolute Gasteiger partial charge is 0.457 e. The number of rotatable bonds is 37. The zero-order chi connectivity index (χ0) is 44.5. The Morgan fingerprint density at radius 1 is 0.525 bits per heavy atom. The second-order valence-electron chi connectivity index (χ2n) is 16.9. The summed E-state index contributed by atoms with van der Waals surface area (Å²) >= 11 is 0. The van der Waals surface area contributed by atoms with Crippen LogP contribution in [0.2, 0.25) is 0 Å². The monoisotopic (exact) mass is 875 g/mol. The van der Waals surface area contributed by atoms with E-state index in [1.807, 2.05) is 0 Å². The second-order valence-corrected chi connectivity index (χ2v) is 16.9. The quantitative estimate of drug-likeness (QED) is 0.0215. The molecule has 2 rings (SSSR count). The second kappa shape index (κ2) is 35.8. The summed E-state index contributed by atoms with van der Waals surface area (Å²) in [6, 6.07) is 0. The minimum atomic E-state index is -1.71. The first-order chi connectivity index (χ1) is 29.6. The molecule has 0 spiro atoms. The van der Waals surface area contributed by atoms with E-state index in [-0.39, 0.29) is 19.6 Å². The maximum Gasteiger partial charge on any atom is 0.306 e. The molecule has 0 aromatic carbocycles. The Bertz CT molecular complexity index is 1110. The van der Waals surface area contributed by atoms with Crippen molar-refractivity contribution in [3.05, 3.63) is 24.3 Å². The van der Waals surface area contributed by atoms with E-state index in [1.54, 1.807) is 0 Å². The molecule has 2 aliphatic heterocycles. The minimum Gasteiger partial charge on any atom is -0.457 e. The Kier molecular flexibility index (Phi) is 32.6. The molecular formula is C47H86O14. The predicted octanol–water partition coefficient (Wildman–Crippen LogP) is 6.07. The third-order valence-corrected chi connectivity index (χ3v) is 11.4. The molecule has 7 N–H and O–H groups in total. The van der Waals surface area contributed by atoms with Crippen molar-refractivity contribution in [2.45, 2.75) is 235 Å². The molecule has 0 radical (unpaired) electrons. The van der Waals surface area contributed by atoms with Gasteiger partial charge in [0.05, 0.1) is 26.4 Å². The lowest BCUT2D eigenvalue weighted by Crippen LogP contribution is -2.61. The van der Waals surface area contributed by atoms with Crippen molar-refractivity contribution < 1.29 is 69.0 Å². The lowest BCUT2D eigenvalue weighted by molar-refractivity contribution is -0.332. The molecule has 14 nitrogen and oxygen atoms in total. The Morgan fingerprint density at radius 3 is 1.56 bits per heavy atom. The molecule has 0 bridgehead atoms. The van der Waals surface area contributed by atoms with Gasteiger partial charge in [-0.15, -0.1) is 0 Å². The molecule has 14 heteroatoms. The van der Waals surface area contributed by atoms with E-state index in [0.717, 1.165) is 70.6 Å². The van der Waals surface area contributed by atoms with Crippen LogP contribution in [-0.2, 0) is 33.2 Å². The fraction of sp³-hybridized carbons (Fsp3) is 0.894. The van der Waals surface area contributed by atoms with E-state index in [0.29, 0.717) is 13.0 Å². The van der Waals surface area contributed by atoms with Gasteiger partial charge in [0, 0.05) is 13.0 Å². The Balaban J connectivity index is 1.78. The normalized spacial score (nSPS) is 27.6. The maximum absolute atomic E-state index is 12.9. The Hall–Kier alpha value is -1.53. The van der Waals surface area contributed by atoms with Gasteiger partial charge in [-0.2, -0.15) is 0 Å². The van der Waals surface area contributed by atoms with Crippen LogP contribution < -0.4 is 0 Å². The van der Waals surface area contributed by atoms with Gasteiger partial charge in [-0.1, -0.05) is 128 Å². The summed E-state index contributed by atoms with van der Waals surface area (Å²) in [5, 5.41) is 71.9. The highest BCUT2D eigenvalue weighted by Crippen LogP contribution is 2.26. The fourth-order valence-corrected chi connectivity index (χ4v) is 7.46. The van der Waals surface area contributed by atoms with Gasteiger partial charge in [0.1, 0.15) is 54.9 Å². The van der Waals surface area contributed by atoms with Gasteiger partial charge < -0.3 is 64.2 Å².